The highest BCUT2D eigenvalue weighted by atomic mass is 32.2. The van der Waals surface area contributed by atoms with E-state index < -0.39 is 5.41 Å². The lowest BCUT2D eigenvalue weighted by atomic mass is 10.00. The summed E-state index contributed by atoms with van der Waals surface area (Å²) in [7, 11) is 5.42. The molecule has 3 aliphatic rings. The monoisotopic (exact) mass is 556 g/mol. The molecule has 202 valence electrons. The normalized spacial score (nSPS) is 19.0. The Morgan fingerprint density at radius 2 is 2.00 bits per heavy atom. The zero-order valence-corrected chi connectivity index (χ0v) is 23.7. The van der Waals surface area contributed by atoms with Crippen molar-refractivity contribution in [2.75, 3.05) is 34.2 Å². The molecule has 3 heterocycles. The van der Waals surface area contributed by atoms with E-state index in [1.165, 1.54) is 16.8 Å². The van der Waals surface area contributed by atoms with Crippen LogP contribution in [0.1, 0.15) is 50.3 Å². The topological polar surface area (TPSA) is 124 Å². The maximum absolute atomic E-state index is 15.8. The number of amides is 1. The van der Waals surface area contributed by atoms with Gasteiger partial charge >= 0.3 is 0 Å². The fourth-order valence-corrected chi connectivity index (χ4v) is 5.64. The molecule has 12 heteroatoms. The van der Waals surface area contributed by atoms with E-state index in [-0.39, 0.29) is 21.4 Å². The lowest BCUT2D eigenvalue weighted by Gasteiger charge is -2.23. The lowest BCUT2D eigenvalue weighted by molar-refractivity contribution is -0.115. The average Bonchev–Trinajstić information content (AvgIpc) is 3.81. The SMILES string of the molecule is CN(C)C=O.CN1CC=C(c2c(F)c(SNC3(C)CC3)cn3c(C(=N)SC(=N)C4(C#N)CC4)cnc23)CC1. The molecule has 2 aromatic rings. The molecule has 3 N–H and O–H groups in total. The van der Waals surface area contributed by atoms with E-state index in [1.54, 1.807) is 30.9 Å². The van der Waals surface area contributed by atoms with Crippen LogP contribution in [0.25, 0.3) is 11.2 Å². The second-order valence-corrected chi connectivity index (χ2v) is 12.4. The van der Waals surface area contributed by atoms with E-state index in [0.29, 0.717) is 34.6 Å². The number of carbonyl (C=O) groups excluding carboxylic acids is 1. The van der Waals surface area contributed by atoms with Crippen LogP contribution in [-0.4, -0.2) is 75.5 Å². The van der Waals surface area contributed by atoms with Crippen LogP contribution in [0.3, 0.4) is 0 Å². The number of halogens is 1. The molecule has 2 aromatic heterocycles. The number of likely N-dealkylation sites (N-methyl/N-ethyl adjacent to an activating group) is 1. The molecule has 0 bridgehead atoms. The Morgan fingerprint density at radius 3 is 2.53 bits per heavy atom. The summed E-state index contributed by atoms with van der Waals surface area (Å²) in [6.45, 7) is 3.72. The van der Waals surface area contributed by atoms with E-state index in [4.69, 9.17) is 10.8 Å². The predicted octanol–water partition coefficient (Wildman–Crippen LogP) is 4.39. The minimum atomic E-state index is -0.738. The summed E-state index contributed by atoms with van der Waals surface area (Å²) in [5.41, 5.74) is 1.70. The van der Waals surface area contributed by atoms with Gasteiger partial charge in [0, 0.05) is 38.9 Å². The van der Waals surface area contributed by atoms with Gasteiger partial charge in [0.1, 0.15) is 16.1 Å². The maximum Gasteiger partial charge on any atom is 0.209 e. The minimum absolute atomic E-state index is 0.0321. The van der Waals surface area contributed by atoms with E-state index in [1.807, 2.05) is 7.05 Å². The smallest absolute Gasteiger partial charge is 0.209 e. The van der Waals surface area contributed by atoms with Gasteiger partial charge in [0.05, 0.1) is 33.5 Å². The molecule has 5 rings (SSSR count). The molecule has 0 atom stereocenters. The lowest BCUT2D eigenvalue weighted by Crippen LogP contribution is -2.24. The Balaban J connectivity index is 0.000000617. The molecule has 0 aromatic carbocycles. The number of thioether (sulfide) groups is 1. The van der Waals surface area contributed by atoms with Gasteiger partial charge in [-0.05, 0) is 63.6 Å². The second kappa shape index (κ2) is 11.2. The second-order valence-electron chi connectivity index (χ2n) is 10.5. The van der Waals surface area contributed by atoms with Crippen LogP contribution in [0.2, 0.25) is 0 Å². The van der Waals surface area contributed by atoms with Crippen molar-refractivity contribution in [3.63, 3.8) is 0 Å². The zero-order valence-electron chi connectivity index (χ0n) is 22.1. The number of hydrogen-bond acceptors (Lipinski definition) is 9. The molecule has 0 spiro atoms. The van der Waals surface area contributed by atoms with Crippen molar-refractivity contribution in [3.8, 4) is 6.07 Å². The van der Waals surface area contributed by atoms with Crippen LogP contribution in [0, 0.1) is 33.4 Å². The van der Waals surface area contributed by atoms with Crippen LogP contribution < -0.4 is 4.72 Å². The summed E-state index contributed by atoms with van der Waals surface area (Å²) < 4.78 is 21.0. The first-order valence-corrected chi connectivity index (χ1v) is 14.1. The number of imidazole rings is 1. The zero-order chi connectivity index (χ0) is 27.7. The predicted molar refractivity (Wildman–Crippen MR) is 151 cm³/mol. The van der Waals surface area contributed by atoms with Crippen LogP contribution in [0.4, 0.5) is 4.39 Å². The fraction of sp³-hybridized carbons (Fsp3) is 0.500. The van der Waals surface area contributed by atoms with Crippen LogP contribution >= 0.6 is 23.7 Å². The van der Waals surface area contributed by atoms with Gasteiger partial charge in [0.15, 0.2) is 5.82 Å². The summed E-state index contributed by atoms with van der Waals surface area (Å²) >= 11 is 2.28. The standard InChI is InChI=1S/C23H26FN7S2.C3H7NO/c1-22(5-6-22)29-33-16-12-31-15(19(26)32-21(27)23(13-25)7-8-23)11-28-20(31)17(18(16)24)14-3-9-30(2)10-4-14;1-4(2)3-5/h3,11-12,26-27,29H,4-10H2,1-2H3;3H,1-2H3. The largest absolute Gasteiger partial charge is 0.351 e. The Morgan fingerprint density at radius 1 is 1.32 bits per heavy atom. The number of pyridine rings is 1. The van der Waals surface area contributed by atoms with Crippen molar-refractivity contribution < 1.29 is 9.18 Å². The number of nitrogens with zero attached hydrogens (tertiary/aromatic N) is 5. The Bertz CT molecular complexity index is 1340. The van der Waals surface area contributed by atoms with Crippen molar-refractivity contribution in [1.29, 1.82) is 16.1 Å². The third-order valence-electron chi connectivity index (χ3n) is 6.89. The molecule has 2 aliphatic carbocycles. The third kappa shape index (κ3) is 6.12. The number of nitrogens with one attached hydrogen (secondary N) is 3. The van der Waals surface area contributed by atoms with Crippen LogP contribution in [-0.2, 0) is 4.79 Å². The first-order valence-electron chi connectivity index (χ1n) is 12.4. The molecule has 2 fully saturated rings. The summed E-state index contributed by atoms with van der Waals surface area (Å²) in [5.74, 6) is -0.287. The van der Waals surface area contributed by atoms with Gasteiger partial charge in [-0.25, -0.2) is 9.37 Å². The number of aromatic nitrogens is 2. The van der Waals surface area contributed by atoms with Crippen LogP contribution in [0.5, 0.6) is 0 Å². The summed E-state index contributed by atoms with van der Waals surface area (Å²) in [5, 5.41) is 26.7. The number of nitriles is 1. The highest BCUT2D eigenvalue weighted by Gasteiger charge is 2.48. The molecular formula is C26H33FN8OS2. The Hall–Kier alpha value is -2.72. The maximum atomic E-state index is 15.8. The fourth-order valence-electron chi connectivity index (χ4n) is 3.83. The quantitative estimate of drug-likeness (QED) is 0.200. The molecule has 38 heavy (non-hydrogen) atoms. The van der Waals surface area contributed by atoms with Gasteiger partial charge in [-0.3, -0.25) is 24.7 Å². The van der Waals surface area contributed by atoms with E-state index in [9.17, 15) is 10.1 Å². The highest BCUT2D eigenvalue weighted by Crippen LogP contribution is 2.49. The summed E-state index contributed by atoms with van der Waals surface area (Å²) in [6, 6.07) is 2.21. The molecule has 9 nitrogen and oxygen atoms in total. The highest BCUT2D eigenvalue weighted by molar-refractivity contribution is 8.26. The Labute approximate surface area is 231 Å². The first-order chi connectivity index (χ1) is 18.0. The van der Waals surface area contributed by atoms with Gasteiger partial charge in [-0.1, -0.05) is 17.8 Å². The minimum Gasteiger partial charge on any atom is -0.351 e. The molecule has 1 aliphatic heterocycles. The van der Waals surface area contributed by atoms with Gasteiger partial charge in [-0.2, -0.15) is 5.26 Å². The first kappa shape index (κ1) is 28.3. The van der Waals surface area contributed by atoms with Gasteiger partial charge in [0.25, 0.3) is 0 Å². The molecular weight excluding hydrogens is 523 g/mol. The van der Waals surface area contributed by atoms with Crippen molar-refractivity contribution >= 4 is 51.4 Å². The van der Waals surface area contributed by atoms with Crippen LogP contribution in [0.15, 0.2) is 23.4 Å². The van der Waals surface area contributed by atoms with Crippen molar-refractivity contribution in [1.82, 2.24) is 23.9 Å². The third-order valence-corrected chi connectivity index (χ3v) is 9.00. The number of carbonyl (C=O) groups is 1. The van der Waals surface area contributed by atoms with Gasteiger partial charge in [-0.15, -0.1) is 0 Å². The molecule has 2 saturated carbocycles. The van der Waals surface area contributed by atoms with E-state index in [2.05, 4.69) is 33.7 Å². The molecule has 0 radical (unpaired) electrons. The Kier molecular flexibility index (Phi) is 8.32. The van der Waals surface area contributed by atoms with E-state index >= 15 is 4.39 Å². The van der Waals surface area contributed by atoms with Crippen molar-refractivity contribution in [2.45, 2.75) is 49.5 Å². The summed E-state index contributed by atoms with van der Waals surface area (Å²) in [4.78, 5) is 18.0. The molecule has 1 amide bonds. The van der Waals surface area contributed by atoms with E-state index in [0.717, 1.165) is 56.1 Å². The van der Waals surface area contributed by atoms with Gasteiger partial charge in [0.2, 0.25) is 6.41 Å². The molecule has 0 unspecified atom stereocenters. The molecule has 0 saturated heterocycles. The number of fused-ring (bicyclic) bond motifs is 1. The summed E-state index contributed by atoms with van der Waals surface area (Å²) in [6.07, 6.45) is 10.3. The van der Waals surface area contributed by atoms with Crippen molar-refractivity contribution in [3.05, 3.63) is 35.5 Å². The van der Waals surface area contributed by atoms with Gasteiger partial charge < -0.3 is 9.80 Å². The number of rotatable bonds is 7. The average molecular weight is 557 g/mol. The number of hydrogen-bond donors (Lipinski definition) is 3. The van der Waals surface area contributed by atoms with Crippen molar-refractivity contribution in [2.24, 2.45) is 5.41 Å².